The molecule has 3 heterocycles. The number of sulfonamides is 1. The van der Waals surface area contributed by atoms with Crippen LogP contribution < -0.4 is 15.2 Å². The molecule has 1 aromatic carbocycles. The molecule has 0 spiro atoms. The van der Waals surface area contributed by atoms with E-state index in [4.69, 9.17) is 14.6 Å². The monoisotopic (exact) mass is 530 g/mol. The Labute approximate surface area is 203 Å². The summed E-state index contributed by atoms with van der Waals surface area (Å²) in [5.41, 5.74) is 1.46. The molecule has 0 radical (unpaired) electrons. The predicted molar refractivity (Wildman–Crippen MR) is 120 cm³/mol. The van der Waals surface area contributed by atoms with Crippen molar-refractivity contribution in [2.24, 2.45) is 5.14 Å². The molecule has 3 aromatic rings. The minimum Gasteiger partial charge on any atom is -0.470 e. The van der Waals surface area contributed by atoms with Gasteiger partial charge in [0.05, 0.1) is 35.8 Å². The van der Waals surface area contributed by atoms with Gasteiger partial charge in [-0.15, -0.1) is 4.37 Å². The van der Waals surface area contributed by atoms with E-state index < -0.39 is 34.6 Å². The van der Waals surface area contributed by atoms with Crippen molar-refractivity contribution in [2.75, 3.05) is 11.9 Å². The summed E-state index contributed by atoms with van der Waals surface area (Å²) in [5, 5.41) is 8.04. The third-order valence-corrected chi connectivity index (χ3v) is 6.66. The topological polar surface area (TPSA) is 142 Å². The molecule has 1 saturated heterocycles. The maximum Gasteiger partial charge on any atom is 0.389 e. The molecule has 0 bridgehead atoms. The van der Waals surface area contributed by atoms with Crippen LogP contribution in [-0.2, 0) is 14.8 Å². The number of alkyl halides is 3. The quantitative estimate of drug-likeness (QED) is 0.446. The lowest BCUT2D eigenvalue weighted by atomic mass is 10.0. The van der Waals surface area contributed by atoms with Crippen molar-refractivity contribution in [3.05, 3.63) is 47.9 Å². The van der Waals surface area contributed by atoms with Crippen molar-refractivity contribution in [3.63, 3.8) is 0 Å². The molecular formula is C20H21F3N6O4S2. The first-order chi connectivity index (χ1) is 16.5. The lowest BCUT2D eigenvalue weighted by Crippen LogP contribution is -2.18. The number of anilines is 2. The van der Waals surface area contributed by atoms with Crippen LogP contribution in [0.5, 0.6) is 5.88 Å². The molecule has 3 unspecified atom stereocenters. The SMILES string of the molecule is CC(CC(F)(F)F)c1nsnc1OC1COC(c2cnc(Nc3ccc(S(N)(=O)=O)cc3)nc2)C1. The van der Waals surface area contributed by atoms with Gasteiger partial charge in [0.2, 0.25) is 21.9 Å². The Balaban J connectivity index is 1.34. The standard InChI is InChI=1S/C20H21F3N6O4S2/c1-11(7-20(21,22)23)17-18(29-34-28-17)33-14-6-16(32-10-14)12-8-25-19(26-9-12)27-13-2-4-15(5-3-13)35(24,30)31/h2-5,8-9,11,14,16H,6-7,10H2,1H3,(H2,24,30,31)(H,25,26,27). The maximum absolute atomic E-state index is 12.7. The molecule has 1 aliphatic rings. The highest BCUT2D eigenvalue weighted by Gasteiger charge is 2.35. The number of hydrogen-bond donors (Lipinski definition) is 2. The zero-order valence-corrected chi connectivity index (χ0v) is 19.9. The predicted octanol–water partition coefficient (Wildman–Crippen LogP) is 3.68. The first kappa shape index (κ1) is 25.2. The molecule has 35 heavy (non-hydrogen) atoms. The van der Waals surface area contributed by atoms with E-state index in [1.54, 1.807) is 12.4 Å². The van der Waals surface area contributed by atoms with Crippen molar-refractivity contribution >= 4 is 33.4 Å². The summed E-state index contributed by atoms with van der Waals surface area (Å²) < 4.78 is 80.4. The highest BCUT2D eigenvalue weighted by molar-refractivity contribution is 7.89. The average Bonchev–Trinajstić information content (AvgIpc) is 3.43. The molecule has 0 saturated carbocycles. The summed E-state index contributed by atoms with van der Waals surface area (Å²) in [4.78, 5) is 8.49. The number of nitrogens with two attached hydrogens (primary N) is 1. The number of aromatic nitrogens is 4. The van der Waals surface area contributed by atoms with Gasteiger partial charge in [-0.05, 0) is 24.3 Å². The number of halogens is 3. The number of rotatable bonds is 8. The molecule has 4 rings (SSSR count). The molecule has 188 valence electrons. The number of ether oxygens (including phenoxy) is 2. The molecule has 10 nitrogen and oxygen atoms in total. The van der Waals surface area contributed by atoms with Crippen LogP contribution in [0.4, 0.5) is 24.8 Å². The van der Waals surface area contributed by atoms with Crippen LogP contribution in [-0.4, -0.2) is 46.0 Å². The van der Waals surface area contributed by atoms with Gasteiger partial charge in [-0.25, -0.2) is 23.5 Å². The second-order valence-corrected chi connectivity index (χ2v) is 10.1. The molecule has 3 atom stereocenters. The smallest absolute Gasteiger partial charge is 0.389 e. The van der Waals surface area contributed by atoms with E-state index in [1.165, 1.54) is 31.2 Å². The van der Waals surface area contributed by atoms with Crippen molar-refractivity contribution in [1.29, 1.82) is 0 Å². The summed E-state index contributed by atoms with van der Waals surface area (Å²) >= 11 is 0.809. The summed E-state index contributed by atoms with van der Waals surface area (Å²) in [7, 11) is -3.78. The largest absolute Gasteiger partial charge is 0.470 e. The van der Waals surface area contributed by atoms with E-state index in [2.05, 4.69) is 24.0 Å². The van der Waals surface area contributed by atoms with E-state index in [0.717, 1.165) is 11.7 Å². The summed E-state index contributed by atoms with van der Waals surface area (Å²) in [5.74, 6) is -0.476. The number of primary sulfonamides is 1. The van der Waals surface area contributed by atoms with Crippen molar-refractivity contribution in [3.8, 4) is 5.88 Å². The Morgan fingerprint density at radius 3 is 2.54 bits per heavy atom. The van der Waals surface area contributed by atoms with Crippen LogP contribution in [0.3, 0.4) is 0 Å². The Morgan fingerprint density at radius 2 is 1.91 bits per heavy atom. The van der Waals surface area contributed by atoms with Crippen LogP contribution in [0.2, 0.25) is 0 Å². The van der Waals surface area contributed by atoms with E-state index in [-0.39, 0.29) is 29.2 Å². The lowest BCUT2D eigenvalue weighted by Gasteiger charge is -2.15. The number of nitrogens with zero attached hydrogens (tertiary/aromatic N) is 4. The molecule has 1 aliphatic heterocycles. The fraction of sp³-hybridized carbons (Fsp3) is 0.400. The Bertz CT molecular complexity index is 1250. The van der Waals surface area contributed by atoms with Gasteiger partial charge in [0.1, 0.15) is 11.8 Å². The Morgan fingerprint density at radius 1 is 1.23 bits per heavy atom. The number of benzene rings is 1. The minimum atomic E-state index is -4.31. The van der Waals surface area contributed by atoms with Crippen LogP contribution in [0.15, 0.2) is 41.6 Å². The second kappa shape index (κ2) is 10.0. The zero-order chi connectivity index (χ0) is 25.2. The van der Waals surface area contributed by atoms with Gasteiger partial charge < -0.3 is 14.8 Å². The van der Waals surface area contributed by atoms with E-state index >= 15 is 0 Å². The fourth-order valence-corrected chi connectivity index (χ4v) is 4.62. The second-order valence-electron chi connectivity index (χ2n) is 8.01. The van der Waals surface area contributed by atoms with Gasteiger partial charge in [0, 0.05) is 36.0 Å². The Kier molecular flexibility index (Phi) is 7.21. The Hall–Kier alpha value is -2.88. The van der Waals surface area contributed by atoms with E-state index in [9.17, 15) is 21.6 Å². The van der Waals surface area contributed by atoms with Gasteiger partial charge >= 0.3 is 6.18 Å². The molecule has 0 aliphatic carbocycles. The van der Waals surface area contributed by atoms with Crippen molar-refractivity contribution in [2.45, 2.75) is 49.0 Å². The molecule has 2 aromatic heterocycles. The van der Waals surface area contributed by atoms with Crippen molar-refractivity contribution in [1.82, 2.24) is 18.7 Å². The highest BCUT2D eigenvalue weighted by atomic mass is 32.2. The van der Waals surface area contributed by atoms with Crippen LogP contribution >= 0.6 is 11.7 Å². The third-order valence-electron chi connectivity index (χ3n) is 5.21. The average molecular weight is 531 g/mol. The summed E-state index contributed by atoms with van der Waals surface area (Å²) in [6.07, 6.45) is -2.47. The van der Waals surface area contributed by atoms with Crippen LogP contribution in [0.25, 0.3) is 0 Å². The fourth-order valence-electron chi connectivity index (χ4n) is 3.51. The molecule has 3 N–H and O–H groups in total. The van der Waals surface area contributed by atoms with Gasteiger partial charge in [-0.1, -0.05) is 6.92 Å². The zero-order valence-electron chi connectivity index (χ0n) is 18.3. The van der Waals surface area contributed by atoms with E-state index in [1.807, 2.05) is 0 Å². The van der Waals surface area contributed by atoms with Gasteiger partial charge in [0.15, 0.2) is 0 Å². The van der Waals surface area contributed by atoms with Crippen LogP contribution in [0.1, 0.15) is 43.0 Å². The van der Waals surface area contributed by atoms with Gasteiger partial charge in [-0.2, -0.15) is 17.5 Å². The third kappa shape index (κ3) is 6.62. The number of nitrogens with one attached hydrogen (secondary N) is 1. The van der Waals surface area contributed by atoms with Gasteiger partial charge in [-0.3, -0.25) is 0 Å². The molecular weight excluding hydrogens is 509 g/mol. The maximum atomic E-state index is 12.7. The van der Waals surface area contributed by atoms with E-state index in [0.29, 0.717) is 23.6 Å². The van der Waals surface area contributed by atoms with Crippen LogP contribution in [0, 0.1) is 0 Å². The summed E-state index contributed by atoms with van der Waals surface area (Å²) in [6, 6.07) is 5.81. The molecule has 15 heteroatoms. The lowest BCUT2D eigenvalue weighted by molar-refractivity contribution is -0.138. The number of hydrogen-bond acceptors (Lipinski definition) is 10. The first-order valence-electron chi connectivity index (χ1n) is 10.4. The normalized spacial score (nSPS) is 19.5. The van der Waals surface area contributed by atoms with Crippen molar-refractivity contribution < 1.29 is 31.1 Å². The highest BCUT2D eigenvalue weighted by Crippen LogP contribution is 2.36. The minimum absolute atomic E-state index is 0.00941. The first-order valence-corrected chi connectivity index (χ1v) is 12.6. The molecule has 1 fully saturated rings. The van der Waals surface area contributed by atoms with Gasteiger partial charge in [0.25, 0.3) is 0 Å². The molecule has 0 amide bonds. The summed E-state index contributed by atoms with van der Waals surface area (Å²) in [6.45, 7) is 1.66.